The van der Waals surface area contributed by atoms with Crippen molar-refractivity contribution in [2.24, 2.45) is 5.92 Å². The third kappa shape index (κ3) is 3.56. The standard InChI is InChI=1S/C14H21N5O3S/c1-23(21,22)18-7-3-12(4-8-18)14(20)15-6-9-17-10-11-19-13(17)2-5-16-19/h2,5,10-12H,3-4,6-9H2,1H3,(H,15,20). The fourth-order valence-electron chi connectivity index (χ4n) is 2.95. The fourth-order valence-corrected chi connectivity index (χ4v) is 3.83. The summed E-state index contributed by atoms with van der Waals surface area (Å²) in [6.07, 6.45) is 7.91. The minimum Gasteiger partial charge on any atom is -0.354 e. The first-order valence-corrected chi connectivity index (χ1v) is 9.51. The molecule has 8 nitrogen and oxygen atoms in total. The number of amides is 1. The number of carbonyl (C=O) groups is 1. The maximum absolute atomic E-state index is 12.2. The molecule has 2 aromatic rings. The van der Waals surface area contributed by atoms with Crippen LogP contribution in [-0.4, -0.2) is 58.7 Å². The number of nitrogens with one attached hydrogen (secondary N) is 1. The van der Waals surface area contributed by atoms with Gasteiger partial charge in [-0.25, -0.2) is 17.2 Å². The second kappa shape index (κ2) is 6.32. The first-order chi connectivity index (χ1) is 10.9. The van der Waals surface area contributed by atoms with Gasteiger partial charge in [-0.3, -0.25) is 4.79 Å². The van der Waals surface area contributed by atoms with Gasteiger partial charge in [0.2, 0.25) is 15.9 Å². The van der Waals surface area contributed by atoms with Crippen LogP contribution < -0.4 is 5.32 Å². The second-order valence-electron chi connectivity index (χ2n) is 5.85. The van der Waals surface area contributed by atoms with E-state index in [9.17, 15) is 13.2 Å². The third-order valence-corrected chi connectivity index (χ3v) is 5.58. The minimum atomic E-state index is -3.15. The molecule has 1 fully saturated rings. The second-order valence-corrected chi connectivity index (χ2v) is 7.84. The highest BCUT2D eigenvalue weighted by atomic mass is 32.2. The van der Waals surface area contributed by atoms with E-state index in [1.807, 2.05) is 23.0 Å². The molecule has 1 aliphatic heterocycles. The van der Waals surface area contributed by atoms with Crippen molar-refractivity contribution in [1.29, 1.82) is 0 Å². The molecule has 0 radical (unpaired) electrons. The number of rotatable bonds is 5. The lowest BCUT2D eigenvalue weighted by Gasteiger charge is -2.29. The van der Waals surface area contributed by atoms with Gasteiger partial charge in [-0.15, -0.1) is 0 Å². The van der Waals surface area contributed by atoms with Gasteiger partial charge in [0.05, 0.1) is 12.5 Å². The fraction of sp³-hybridized carbons (Fsp3) is 0.571. The van der Waals surface area contributed by atoms with Crippen molar-refractivity contribution in [1.82, 2.24) is 23.8 Å². The van der Waals surface area contributed by atoms with Crippen molar-refractivity contribution >= 4 is 21.6 Å². The van der Waals surface area contributed by atoms with E-state index in [0.717, 1.165) is 5.65 Å². The van der Waals surface area contributed by atoms with Crippen LogP contribution in [0.25, 0.3) is 5.65 Å². The molecule has 0 saturated carbocycles. The van der Waals surface area contributed by atoms with Crippen molar-refractivity contribution in [3.8, 4) is 0 Å². The Labute approximate surface area is 135 Å². The molecule has 126 valence electrons. The largest absolute Gasteiger partial charge is 0.354 e. The lowest BCUT2D eigenvalue weighted by atomic mass is 9.97. The Kier molecular flexibility index (Phi) is 4.40. The Balaban J connectivity index is 1.46. The summed E-state index contributed by atoms with van der Waals surface area (Å²) in [5.41, 5.74) is 0.987. The predicted molar refractivity (Wildman–Crippen MR) is 85.3 cm³/mol. The van der Waals surface area contributed by atoms with Crippen LogP contribution in [0.4, 0.5) is 0 Å². The van der Waals surface area contributed by atoms with Gasteiger partial charge in [-0.2, -0.15) is 5.10 Å². The summed E-state index contributed by atoms with van der Waals surface area (Å²) in [6.45, 7) is 2.06. The smallest absolute Gasteiger partial charge is 0.223 e. The normalized spacial score (nSPS) is 17.6. The molecule has 1 saturated heterocycles. The minimum absolute atomic E-state index is 0.00911. The lowest BCUT2D eigenvalue weighted by molar-refractivity contribution is -0.126. The van der Waals surface area contributed by atoms with Crippen molar-refractivity contribution < 1.29 is 13.2 Å². The first-order valence-electron chi connectivity index (χ1n) is 7.66. The van der Waals surface area contributed by atoms with Gasteiger partial charge >= 0.3 is 0 Å². The Morgan fingerprint density at radius 2 is 2.09 bits per heavy atom. The highest BCUT2D eigenvalue weighted by Crippen LogP contribution is 2.19. The first kappa shape index (κ1) is 16.0. The molecule has 2 aromatic heterocycles. The monoisotopic (exact) mass is 339 g/mol. The molecular weight excluding hydrogens is 318 g/mol. The molecule has 3 heterocycles. The van der Waals surface area contributed by atoms with Crippen LogP contribution in [0.1, 0.15) is 12.8 Å². The van der Waals surface area contributed by atoms with Crippen molar-refractivity contribution in [3.05, 3.63) is 24.7 Å². The third-order valence-electron chi connectivity index (χ3n) is 4.28. The van der Waals surface area contributed by atoms with E-state index in [0.29, 0.717) is 39.0 Å². The van der Waals surface area contributed by atoms with Crippen LogP contribution in [0.15, 0.2) is 24.7 Å². The molecule has 1 aliphatic rings. The molecular formula is C14H21N5O3S. The van der Waals surface area contributed by atoms with Gasteiger partial charge in [0, 0.05) is 50.6 Å². The number of nitrogens with zero attached hydrogens (tertiary/aromatic N) is 4. The molecule has 1 amide bonds. The zero-order chi connectivity index (χ0) is 16.4. The summed E-state index contributed by atoms with van der Waals surface area (Å²) in [5.74, 6) is -0.0949. The maximum Gasteiger partial charge on any atom is 0.223 e. The number of imidazole rings is 1. The Morgan fingerprint density at radius 3 is 2.78 bits per heavy atom. The topological polar surface area (TPSA) is 88.7 Å². The van der Waals surface area contributed by atoms with Crippen LogP contribution in [0.3, 0.4) is 0 Å². The number of piperidine rings is 1. The van der Waals surface area contributed by atoms with Gasteiger partial charge in [0.1, 0.15) is 5.65 Å². The number of hydrogen-bond acceptors (Lipinski definition) is 4. The molecule has 1 N–H and O–H groups in total. The van der Waals surface area contributed by atoms with Crippen LogP contribution >= 0.6 is 0 Å². The number of sulfonamides is 1. The van der Waals surface area contributed by atoms with E-state index in [2.05, 4.69) is 10.4 Å². The Morgan fingerprint density at radius 1 is 1.35 bits per heavy atom. The molecule has 0 bridgehead atoms. The number of hydrogen-bond donors (Lipinski definition) is 1. The van der Waals surface area contributed by atoms with Gasteiger partial charge in [0.15, 0.2) is 0 Å². The maximum atomic E-state index is 12.2. The highest BCUT2D eigenvalue weighted by molar-refractivity contribution is 7.88. The van der Waals surface area contributed by atoms with Crippen LogP contribution in [0.2, 0.25) is 0 Å². The van der Waals surface area contributed by atoms with E-state index in [1.54, 1.807) is 10.7 Å². The SMILES string of the molecule is CS(=O)(=O)N1CCC(C(=O)NCCn2ccn3nccc23)CC1. The summed E-state index contributed by atoms with van der Waals surface area (Å²) in [6, 6.07) is 1.92. The summed E-state index contributed by atoms with van der Waals surface area (Å²) in [5, 5.41) is 7.08. The van der Waals surface area contributed by atoms with Crippen molar-refractivity contribution in [2.45, 2.75) is 19.4 Å². The van der Waals surface area contributed by atoms with Gasteiger partial charge < -0.3 is 9.88 Å². The highest BCUT2D eigenvalue weighted by Gasteiger charge is 2.28. The summed E-state index contributed by atoms with van der Waals surface area (Å²) < 4.78 is 28.2. The number of carbonyl (C=O) groups excluding carboxylic acids is 1. The molecule has 0 atom stereocenters. The van der Waals surface area contributed by atoms with E-state index < -0.39 is 10.0 Å². The molecule has 0 aliphatic carbocycles. The van der Waals surface area contributed by atoms with Crippen LogP contribution in [-0.2, 0) is 21.4 Å². The van der Waals surface area contributed by atoms with Gasteiger partial charge in [-0.1, -0.05) is 0 Å². The van der Waals surface area contributed by atoms with E-state index in [4.69, 9.17) is 0 Å². The molecule has 0 unspecified atom stereocenters. The molecule has 3 rings (SSSR count). The van der Waals surface area contributed by atoms with E-state index in [-0.39, 0.29) is 11.8 Å². The van der Waals surface area contributed by atoms with E-state index >= 15 is 0 Å². The molecule has 0 spiro atoms. The lowest BCUT2D eigenvalue weighted by Crippen LogP contribution is -2.43. The number of fused-ring (bicyclic) bond motifs is 1. The molecule has 23 heavy (non-hydrogen) atoms. The average Bonchev–Trinajstić information content (AvgIpc) is 3.11. The van der Waals surface area contributed by atoms with Crippen molar-refractivity contribution in [3.63, 3.8) is 0 Å². The summed E-state index contributed by atoms with van der Waals surface area (Å²) in [7, 11) is -3.15. The summed E-state index contributed by atoms with van der Waals surface area (Å²) >= 11 is 0. The Hall–Kier alpha value is -1.87. The van der Waals surface area contributed by atoms with Crippen molar-refractivity contribution in [2.75, 3.05) is 25.9 Å². The average molecular weight is 339 g/mol. The predicted octanol–water partition coefficient (Wildman–Crippen LogP) is -0.0764. The molecule has 9 heteroatoms. The quantitative estimate of drug-likeness (QED) is 0.825. The zero-order valence-electron chi connectivity index (χ0n) is 13.1. The van der Waals surface area contributed by atoms with E-state index in [1.165, 1.54) is 10.6 Å². The molecule has 0 aromatic carbocycles. The van der Waals surface area contributed by atoms with Gasteiger partial charge in [0.25, 0.3) is 0 Å². The Bertz CT molecular complexity index is 786. The zero-order valence-corrected chi connectivity index (χ0v) is 13.9. The van der Waals surface area contributed by atoms with Crippen LogP contribution in [0, 0.1) is 5.92 Å². The van der Waals surface area contributed by atoms with Gasteiger partial charge in [-0.05, 0) is 12.8 Å². The number of aromatic nitrogens is 3. The summed E-state index contributed by atoms with van der Waals surface area (Å²) in [4.78, 5) is 12.2. The van der Waals surface area contributed by atoms with Crippen LogP contribution in [0.5, 0.6) is 0 Å².